The standard InChI is InChI=1S/C16H24F2N2O/c1-11(2)19-10-12-8-14(17)16(15(18)9-12)20(6-7-21-3)13-4-5-13/h8-9,11,13,19H,4-7,10H2,1-3H3. The number of ether oxygens (including phenoxy) is 1. The lowest BCUT2D eigenvalue weighted by Gasteiger charge is -2.25. The van der Waals surface area contributed by atoms with E-state index in [0.717, 1.165) is 12.8 Å². The van der Waals surface area contributed by atoms with Crippen LogP contribution >= 0.6 is 0 Å². The van der Waals surface area contributed by atoms with Gasteiger partial charge in [-0.25, -0.2) is 8.78 Å². The first-order valence-corrected chi connectivity index (χ1v) is 7.49. The number of methoxy groups -OCH3 is 1. The Morgan fingerprint density at radius 1 is 1.29 bits per heavy atom. The highest BCUT2D eigenvalue weighted by molar-refractivity contribution is 5.52. The van der Waals surface area contributed by atoms with Crippen molar-refractivity contribution in [3.05, 3.63) is 29.3 Å². The van der Waals surface area contributed by atoms with Crippen molar-refractivity contribution in [3.8, 4) is 0 Å². The van der Waals surface area contributed by atoms with Gasteiger partial charge in [0.25, 0.3) is 0 Å². The summed E-state index contributed by atoms with van der Waals surface area (Å²) in [6.07, 6.45) is 1.97. The highest BCUT2D eigenvalue weighted by Crippen LogP contribution is 2.35. The minimum absolute atomic E-state index is 0.0860. The maximum Gasteiger partial charge on any atom is 0.149 e. The summed E-state index contributed by atoms with van der Waals surface area (Å²) in [7, 11) is 1.60. The second-order valence-electron chi connectivity index (χ2n) is 5.86. The van der Waals surface area contributed by atoms with Crippen molar-refractivity contribution < 1.29 is 13.5 Å². The Balaban J connectivity index is 2.18. The van der Waals surface area contributed by atoms with Crippen LogP contribution < -0.4 is 10.2 Å². The molecule has 1 saturated carbocycles. The van der Waals surface area contributed by atoms with Gasteiger partial charge in [0.1, 0.15) is 17.3 Å². The van der Waals surface area contributed by atoms with E-state index in [4.69, 9.17) is 4.74 Å². The molecular formula is C16H24F2N2O. The number of hydrogen-bond acceptors (Lipinski definition) is 3. The summed E-state index contributed by atoms with van der Waals surface area (Å²) in [5.74, 6) is -0.975. The van der Waals surface area contributed by atoms with Gasteiger partial charge in [0.15, 0.2) is 0 Å². The van der Waals surface area contributed by atoms with Gasteiger partial charge in [-0.1, -0.05) is 13.8 Å². The molecule has 1 aromatic rings. The fraction of sp³-hybridized carbons (Fsp3) is 0.625. The molecule has 0 bridgehead atoms. The average Bonchev–Trinajstić information content (AvgIpc) is 3.23. The van der Waals surface area contributed by atoms with Gasteiger partial charge in [0.2, 0.25) is 0 Å². The number of rotatable bonds is 8. The van der Waals surface area contributed by atoms with E-state index in [1.807, 2.05) is 13.8 Å². The van der Waals surface area contributed by atoms with E-state index in [-0.39, 0.29) is 17.8 Å². The van der Waals surface area contributed by atoms with Gasteiger partial charge in [-0.05, 0) is 30.5 Å². The maximum atomic E-state index is 14.4. The summed E-state index contributed by atoms with van der Waals surface area (Å²) in [5.41, 5.74) is 0.716. The predicted molar refractivity (Wildman–Crippen MR) is 80.6 cm³/mol. The number of nitrogens with one attached hydrogen (secondary N) is 1. The summed E-state index contributed by atoms with van der Waals surface area (Å²) in [5, 5.41) is 3.17. The van der Waals surface area contributed by atoms with Crippen molar-refractivity contribution in [2.24, 2.45) is 0 Å². The molecule has 118 valence electrons. The van der Waals surface area contributed by atoms with Gasteiger partial charge in [0, 0.05) is 32.3 Å². The second kappa shape index (κ2) is 7.18. The molecule has 0 amide bonds. The first-order chi connectivity index (χ1) is 10.0. The molecule has 2 rings (SSSR count). The molecule has 1 fully saturated rings. The topological polar surface area (TPSA) is 24.5 Å². The molecule has 0 aromatic heterocycles. The van der Waals surface area contributed by atoms with E-state index in [1.165, 1.54) is 12.1 Å². The largest absolute Gasteiger partial charge is 0.383 e. The summed E-state index contributed by atoms with van der Waals surface area (Å²) < 4.78 is 33.7. The second-order valence-corrected chi connectivity index (χ2v) is 5.86. The highest BCUT2D eigenvalue weighted by Gasteiger charge is 2.32. The van der Waals surface area contributed by atoms with Crippen molar-refractivity contribution in [2.45, 2.75) is 45.3 Å². The summed E-state index contributed by atoms with van der Waals surface area (Å²) in [4.78, 5) is 1.80. The fourth-order valence-electron chi connectivity index (χ4n) is 2.37. The van der Waals surface area contributed by atoms with Crippen LogP contribution in [-0.4, -0.2) is 32.3 Å². The van der Waals surface area contributed by atoms with E-state index >= 15 is 0 Å². The highest BCUT2D eigenvalue weighted by atomic mass is 19.1. The van der Waals surface area contributed by atoms with Gasteiger partial charge in [0.05, 0.1) is 6.61 Å². The monoisotopic (exact) mass is 298 g/mol. The third-order valence-corrected chi connectivity index (χ3v) is 3.60. The van der Waals surface area contributed by atoms with E-state index in [0.29, 0.717) is 25.3 Å². The summed E-state index contributed by atoms with van der Waals surface area (Å²) in [6.45, 7) is 5.44. The van der Waals surface area contributed by atoms with Crippen molar-refractivity contribution in [1.29, 1.82) is 0 Å². The third-order valence-electron chi connectivity index (χ3n) is 3.60. The average molecular weight is 298 g/mol. The lowest BCUT2D eigenvalue weighted by atomic mass is 10.1. The predicted octanol–water partition coefficient (Wildman–Crippen LogP) is 3.08. The Labute approximate surface area is 125 Å². The molecule has 0 unspecified atom stereocenters. The van der Waals surface area contributed by atoms with E-state index < -0.39 is 11.6 Å². The van der Waals surface area contributed by atoms with Crippen LogP contribution in [0.2, 0.25) is 0 Å². The van der Waals surface area contributed by atoms with E-state index in [2.05, 4.69) is 5.32 Å². The zero-order valence-corrected chi connectivity index (χ0v) is 13.0. The molecule has 1 aliphatic carbocycles. The van der Waals surface area contributed by atoms with Crippen LogP contribution in [0.3, 0.4) is 0 Å². The molecule has 0 saturated heterocycles. The molecule has 1 aromatic carbocycles. The Morgan fingerprint density at radius 3 is 2.38 bits per heavy atom. The molecular weight excluding hydrogens is 274 g/mol. The minimum Gasteiger partial charge on any atom is -0.383 e. The third kappa shape index (κ3) is 4.38. The van der Waals surface area contributed by atoms with Gasteiger partial charge in [-0.3, -0.25) is 0 Å². The number of benzene rings is 1. The molecule has 3 nitrogen and oxygen atoms in total. The van der Waals surface area contributed by atoms with Crippen LogP contribution in [0.4, 0.5) is 14.5 Å². The molecule has 0 aliphatic heterocycles. The van der Waals surface area contributed by atoms with Crippen LogP contribution in [0.5, 0.6) is 0 Å². The molecule has 0 heterocycles. The lowest BCUT2D eigenvalue weighted by molar-refractivity contribution is 0.204. The van der Waals surface area contributed by atoms with E-state index in [1.54, 1.807) is 12.0 Å². The zero-order chi connectivity index (χ0) is 15.4. The molecule has 0 atom stereocenters. The Morgan fingerprint density at radius 2 is 1.90 bits per heavy atom. The fourth-order valence-corrected chi connectivity index (χ4v) is 2.37. The first-order valence-electron chi connectivity index (χ1n) is 7.49. The Bertz CT molecular complexity index is 452. The van der Waals surface area contributed by atoms with Crippen LogP contribution in [-0.2, 0) is 11.3 Å². The van der Waals surface area contributed by atoms with Gasteiger partial charge < -0.3 is 15.0 Å². The summed E-state index contributed by atoms with van der Waals surface area (Å²) in [6, 6.07) is 3.37. The van der Waals surface area contributed by atoms with Crippen molar-refractivity contribution >= 4 is 5.69 Å². The smallest absolute Gasteiger partial charge is 0.149 e. The molecule has 1 aliphatic rings. The molecule has 0 radical (unpaired) electrons. The van der Waals surface area contributed by atoms with Gasteiger partial charge in [-0.2, -0.15) is 0 Å². The van der Waals surface area contributed by atoms with E-state index in [9.17, 15) is 8.78 Å². The number of halogens is 2. The van der Waals surface area contributed by atoms with Crippen LogP contribution in [0.15, 0.2) is 12.1 Å². The molecule has 21 heavy (non-hydrogen) atoms. The van der Waals surface area contributed by atoms with Crippen LogP contribution in [0, 0.1) is 11.6 Å². The van der Waals surface area contributed by atoms with Gasteiger partial charge in [-0.15, -0.1) is 0 Å². The van der Waals surface area contributed by atoms with Crippen LogP contribution in [0.1, 0.15) is 32.3 Å². The zero-order valence-electron chi connectivity index (χ0n) is 13.0. The Hall–Kier alpha value is -1.20. The summed E-state index contributed by atoms with van der Waals surface area (Å²) >= 11 is 0. The van der Waals surface area contributed by atoms with Gasteiger partial charge >= 0.3 is 0 Å². The number of nitrogens with zero attached hydrogens (tertiary/aromatic N) is 1. The number of anilines is 1. The van der Waals surface area contributed by atoms with Crippen LogP contribution in [0.25, 0.3) is 0 Å². The quantitative estimate of drug-likeness (QED) is 0.798. The molecule has 0 spiro atoms. The number of hydrogen-bond donors (Lipinski definition) is 1. The van der Waals surface area contributed by atoms with Crippen molar-refractivity contribution in [2.75, 3.05) is 25.2 Å². The molecule has 1 N–H and O–H groups in total. The first kappa shape index (κ1) is 16.2. The Kier molecular flexibility index (Phi) is 5.53. The van der Waals surface area contributed by atoms with Crippen molar-refractivity contribution in [3.63, 3.8) is 0 Å². The van der Waals surface area contributed by atoms with Crippen molar-refractivity contribution in [1.82, 2.24) is 5.32 Å². The molecule has 5 heteroatoms. The SMILES string of the molecule is COCCN(c1c(F)cc(CNC(C)C)cc1F)C1CC1. The lowest BCUT2D eigenvalue weighted by Crippen LogP contribution is -2.31. The minimum atomic E-state index is -0.487. The normalized spacial score (nSPS) is 14.8. The maximum absolute atomic E-state index is 14.4.